The summed E-state index contributed by atoms with van der Waals surface area (Å²) in [6.45, 7) is 0.480. The lowest BCUT2D eigenvalue weighted by atomic mass is 10.2. The van der Waals surface area contributed by atoms with E-state index in [0.717, 1.165) is 17.1 Å². The zero-order chi connectivity index (χ0) is 16.8. The molecule has 1 aromatic heterocycles. The van der Waals surface area contributed by atoms with Crippen molar-refractivity contribution in [1.82, 2.24) is 20.5 Å². The summed E-state index contributed by atoms with van der Waals surface area (Å²) >= 11 is 0. The number of aromatic nitrogens is 3. The maximum atomic E-state index is 12.1. The van der Waals surface area contributed by atoms with Crippen LogP contribution < -0.4 is 10.1 Å². The molecule has 1 amide bonds. The molecule has 0 saturated heterocycles. The molecule has 0 saturated carbocycles. The molecule has 3 aromatic rings. The average Bonchev–Trinajstić information content (AvgIpc) is 3.11. The minimum Gasteiger partial charge on any atom is -0.497 e. The highest BCUT2D eigenvalue weighted by atomic mass is 16.5. The van der Waals surface area contributed by atoms with E-state index in [1.165, 1.54) is 0 Å². The number of aromatic amines is 1. The number of methoxy groups -OCH3 is 1. The molecule has 2 N–H and O–H groups in total. The van der Waals surface area contributed by atoms with E-state index in [9.17, 15) is 4.79 Å². The van der Waals surface area contributed by atoms with Gasteiger partial charge in [0.25, 0.3) is 5.91 Å². The number of amides is 1. The van der Waals surface area contributed by atoms with Crippen LogP contribution in [-0.4, -0.2) is 34.7 Å². The molecule has 0 fully saturated rings. The molecular weight excluding hydrogens is 304 g/mol. The highest BCUT2D eigenvalue weighted by molar-refractivity contribution is 5.94. The molecule has 0 radical (unpaired) electrons. The van der Waals surface area contributed by atoms with E-state index in [-0.39, 0.29) is 5.91 Å². The van der Waals surface area contributed by atoms with Gasteiger partial charge in [-0.15, -0.1) is 0 Å². The highest BCUT2D eigenvalue weighted by Crippen LogP contribution is 2.13. The molecule has 0 aliphatic carbocycles. The van der Waals surface area contributed by atoms with E-state index in [4.69, 9.17) is 4.74 Å². The molecule has 0 aliphatic heterocycles. The van der Waals surface area contributed by atoms with Crippen LogP contribution in [0, 0.1) is 0 Å². The molecule has 24 heavy (non-hydrogen) atoms. The Balaban J connectivity index is 1.53. The Morgan fingerprint density at radius 2 is 1.88 bits per heavy atom. The van der Waals surface area contributed by atoms with Crippen LogP contribution in [0.2, 0.25) is 0 Å². The van der Waals surface area contributed by atoms with Crippen LogP contribution in [0.4, 0.5) is 0 Å². The Morgan fingerprint density at radius 1 is 1.12 bits per heavy atom. The second kappa shape index (κ2) is 7.41. The van der Waals surface area contributed by atoms with E-state index in [1.807, 2.05) is 30.3 Å². The molecule has 3 rings (SSSR count). The minimum absolute atomic E-state index is 0.125. The zero-order valence-electron chi connectivity index (χ0n) is 13.3. The van der Waals surface area contributed by atoms with Gasteiger partial charge in [-0.2, -0.15) is 5.10 Å². The molecule has 0 atom stereocenters. The predicted octanol–water partition coefficient (Wildman–Crippen LogP) is 2.45. The van der Waals surface area contributed by atoms with Gasteiger partial charge in [-0.1, -0.05) is 30.3 Å². The van der Waals surface area contributed by atoms with Gasteiger partial charge in [0, 0.05) is 24.1 Å². The van der Waals surface area contributed by atoms with Crippen LogP contribution in [0.5, 0.6) is 5.75 Å². The normalized spacial score (nSPS) is 10.4. The second-order valence-corrected chi connectivity index (χ2v) is 5.21. The van der Waals surface area contributed by atoms with E-state index in [1.54, 1.807) is 31.4 Å². The number of carbonyl (C=O) groups is 1. The summed E-state index contributed by atoms with van der Waals surface area (Å²) in [5.74, 6) is 2.00. The molecule has 0 spiro atoms. The number of benzene rings is 2. The van der Waals surface area contributed by atoms with Crippen LogP contribution in [0.25, 0.3) is 11.4 Å². The number of hydrogen-bond donors (Lipinski definition) is 2. The van der Waals surface area contributed by atoms with Crippen molar-refractivity contribution in [2.75, 3.05) is 13.7 Å². The van der Waals surface area contributed by atoms with Gasteiger partial charge in [0.1, 0.15) is 11.6 Å². The van der Waals surface area contributed by atoms with Crippen molar-refractivity contribution in [2.45, 2.75) is 6.42 Å². The number of H-pyrrole nitrogens is 1. The standard InChI is InChI=1S/C18H18N4O2/c1-24-15-9-7-14(8-10-15)18(23)19-12-11-16-20-17(22-21-16)13-5-3-2-4-6-13/h2-10H,11-12H2,1H3,(H,19,23)(H,20,21,22). The first kappa shape index (κ1) is 15.7. The number of ether oxygens (including phenoxy) is 1. The van der Waals surface area contributed by atoms with E-state index in [0.29, 0.717) is 24.4 Å². The first-order valence-electron chi connectivity index (χ1n) is 7.65. The molecular formula is C18H18N4O2. The summed E-state index contributed by atoms with van der Waals surface area (Å²) in [5, 5.41) is 9.97. The number of rotatable bonds is 6. The summed E-state index contributed by atoms with van der Waals surface area (Å²) in [6.07, 6.45) is 0.585. The SMILES string of the molecule is COc1ccc(C(=O)NCCc2nc(-c3ccccc3)n[nH]2)cc1. The third-order valence-electron chi connectivity index (χ3n) is 3.56. The Hall–Kier alpha value is -3.15. The van der Waals surface area contributed by atoms with Gasteiger partial charge in [-0.25, -0.2) is 4.98 Å². The third-order valence-corrected chi connectivity index (χ3v) is 3.56. The van der Waals surface area contributed by atoms with Crippen molar-refractivity contribution in [3.63, 3.8) is 0 Å². The Labute approximate surface area is 139 Å². The minimum atomic E-state index is -0.125. The monoisotopic (exact) mass is 322 g/mol. The number of nitrogens with one attached hydrogen (secondary N) is 2. The van der Waals surface area contributed by atoms with Crippen LogP contribution in [0.1, 0.15) is 16.2 Å². The van der Waals surface area contributed by atoms with E-state index in [2.05, 4.69) is 20.5 Å². The smallest absolute Gasteiger partial charge is 0.251 e. The van der Waals surface area contributed by atoms with Crippen LogP contribution in [0.15, 0.2) is 54.6 Å². The molecule has 6 nitrogen and oxygen atoms in total. The summed E-state index contributed by atoms with van der Waals surface area (Å²) < 4.78 is 5.08. The maximum absolute atomic E-state index is 12.1. The van der Waals surface area contributed by atoms with E-state index >= 15 is 0 Å². The Bertz CT molecular complexity index is 797. The molecule has 1 heterocycles. The lowest BCUT2D eigenvalue weighted by Gasteiger charge is -2.05. The summed E-state index contributed by atoms with van der Waals surface area (Å²) in [5.41, 5.74) is 1.56. The van der Waals surface area contributed by atoms with Gasteiger partial charge in [0.15, 0.2) is 5.82 Å². The maximum Gasteiger partial charge on any atom is 0.251 e. The van der Waals surface area contributed by atoms with Crippen molar-refractivity contribution in [3.05, 3.63) is 66.0 Å². The van der Waals surface area contributed by atoms with Crippen molar-refractivity contribution in [1.29, 1.82) is 0 Å². The van der Waals surface area contributed by atoms with Crippen LogP contribution in [0.3, 0.4) is 0 Å². The lowest BCUT2D eigenvalue weighted by Crippen LogP contribution is -2.25. The predicted molar refractivity (Wildman–Crippen MR) is 90.8 cm³/mol. The van der Waals surface area contributed by atoms with Crippen LogP contribution >= 0.6 is 0 Å². The number of carbonyl (C=O) groups excluding carboxylic acids is 1. The van der Waals surface area contributed by atoms with Gasteiger partial charge < -0.3 is 10.1 Å². The first-order chi connectivity index (χ1) is 11.8. The molecule has 0 aliphatic rings. The van der Waals surface area contributed by atoms with Gasteiger partial charge in [-0.05, 0) is 24.3 Å². The van der Waals surface area contributed by atoms with Crippen molar-refractivity contribution >= 4 is 5.91 Å². The second-order valence-electron chi connectivity index (χ2n) is 5.21. The van der Waals surface area contributed by atoms with Gasteiger partial charge in [0.05, 0.1) is 7.11 Å². The topological polar surface area (TPSA) is 79.9 Å². The number of nitrogens with zero attached hydrogens (tertiary/aromatic N) is 2. The largest absolute Gasteiger partial charge is 0.497 e. The quantitative estimate of drug-likeness (QED) is 0.730. The fourth-order valence-corrected chi connectivity index (χ4v) is 2.26. The Kier molecular flexibility index (Phi) is 4.86. The summed E-state index contributed by atoms with van der Waals surface area (Å²) in [4.78, 5) is 16.5. The molecule has 0 unspecified atom stereocenters. The van der Waals surface area contributed by atoms with Crippen molar-refractivity contribution in [2.24, 2.45) is 0 Å². The lowest BCUT2D eigenvalue weighted by molar-refractivity contribution is 0.0954. The third kappa shape index (κ3) is 3.78. The summed E-state index contributed by atoms with van der Waals surface area (Å²) in [6, 6.07) is 16.7. The highest BCUT2D eigenvalue weighted by Gasteiger charge is 2.08. The molecule has 6 heteroatoms. The van der Waals surface area contributed by atoms with Gasteiger partial charge in [0.2, 0.25) is 0 Å². The molecule has 122 valence electrons. The number of hydrogen-bond acceptors (Lipinski definition) is 4. The molecule has 0 bridgehead atoms. The fraction of sp³-hybridized carbons (Fsp3) is 0.167. The van der Waals surface area contributed by atoms with Gasteiger partial charge in [-0.3, -0.25) is 9.89 Å². The summed E-state index contributed by atoms with van der Waals surface area (Å²) in [7, 11) is 1.59. The van der Waals surface area contributed by atoms with Crippen molar-refractivity contribution < 1.29 is 9.53 Å². The molecule has 2 aromatic carbocycles. The first-order valence-corrected chi connectivity index (χ1v) is 7.65. The van der Waals surface area contributed by atoms with E-state index < -0.39 is 0 Å². The Morgan fingerprint density at radius 3 is 2.58 bits per heavy atom. The van der Waals surface area contributed by atoms with Crippen LogP contribution in [-0.2, 0) is 6.42 Å². The fourth-order valence-electron chi connectivity index (χ4n) is 2.26. The van der Waals surface area contributed by atoms with Gasteiger partial charge >= 0.3 is 0 Å². The average molecular weight is 322 g/mol. The zero-order valence-corrected chi connectivity index (χ0v) is 13.3. The van der Waals surface area contributed by atoms with Crippen molar-refractivity contribution in [3.8, 4) is 17.1 Å².